The van der Waals surface area contributed by atoms with Gasteiger partial charge in [0.15, 0.2) is 0 Å². The van der Waals surface area contributed by atoms with Gasteiger partial charge in [-0.25, -0.2) is 0 Å². The maximum atomic E-state index is 12.5. The number of halogens is 1. The van der Waals surface area contributed by atoms with Crippen molar-refractivity contribution in [1.29, 1.82) is 0 Å². The molecule has 0 bridgehead atoms. The van der Waals surface area contributed by atoms with Crippen LogP contribution >= 0.6 is 11.6 Å². The topological polar surface area (TPSA) is 32.3 Å². The fraction of sp³-hybridized carbons (Fsp3) is 0.208. The van der Waals surface area contributed by atoms with Gasteiger partial charge in [-0.1, -0.05) is 48.0 Å². The monoisotopic (exact) mass is 390 g/mol. The largest absolute Gasteiger partial charge is 0.322 e. The van der Waals surface area contributed by atoms with Gasteiger partial charge in [0.2, 0.25) is 0 Å². The summed E-state index contributed by atoms with van der Waals surface area (Å²) < 4.78 is 0. The van der Waals surface area contributed by atoms with Gasteiger partial charge < -0.3 is 5.32 Å². The molecule has 1 aliphatic heterocycles. The fourth-order valence-electron chi connectivity index (χ4n) is 3.55. The van der Waals surface area contributed by atoms with Gasteiger partial charge >= 0.3 is 0 Å². The minimum atomic E-state index is -0.0908. The standard InChI is InChI=1S/C24H23ClN2O/c25-22-11-7-19(8-12-22)20-9-13-23(14-10-20)26-24(28)21-5-3-18(4-6-21)17-27-15-1-2-16-27/h3-14H,1-2,15-17H2,(H,26,28). The summed E-state index contributed by atoms with van der Waals surface area (Å²) in [4.78, 5) is 15.0. The molecule has 0 unspecified atom stereocenters. The number of hydrogen-bond acceptors (Lipinski definition) is 2. The summed E-state index contributed by atoms with van der Waals surface area (Å²) >= 11 is 5.94. The van der Waals surface area contributed by atoms with Crippen LogP contribution in [0.1, 0.15) is 28.8 Å². The molecule has 3 nitrogen and oxygen atoms in total. The molecule has 142 valence electrons. The molecule has 0 radical (unpaired) electrons. The smallest absolute Gasteiger partial charge is 0.255 e. The van der Waals surface area contributed by atoms with Crippen LogP contribution in [0.15, 0.2) is 72.8 Å². The first-order valence-corrected chi connectivity index (χ1v) is 10.0. The molecule has 0 atom stereocenters. The number of carbonyl (C=O) groups excluding carboxylic acids is 1. The van der Waals surface area contributed by atoms with Crippen LogP contribution in [-0.4, -0.2) is 23.9 Å². The molecule has 0 saturated carbocycles. The number of nitrogens with one attached hydrogen (secondary N) is 1. The fourth-order valence-corrected chi connectivity index (χ4v) is 3.68. The molecule has 28 heavy (non-hydrogen) atoms. The molecule has 0 aliphatic carbocycles. The van der Waals surface area contributed by atoms with E-state index in [1.165, 1.54) is 31.5 Å². The SMILES string of the molecule is O=C(Nc1ccc(-c2ccc(Cl)cc2)cc1)c1ccc(CN2CCCC2)cc1. The van der Waals surface area contributed by atoms with E-state index in [1.807, 2.05) is 60.7 Å². The van der Waals surface area contributed by atoms with Crippen molar-refractivity contribution in [3.05, 3.63) is 88.9 Å². The molecule has 4 heteroatoms. The lowest BCUT2D eigenvalue weighted by Crippen LogP contribution is -2.18. The van der Waals surface area contributed by atoms with Crippen LogP contribution in [-0.2, 0) is 6.54 Å². The molecule has 1 saturated heterocycles. The minimum absolute atomic E-state index is 0.0908. The first-order valence-electron chi connectivity index (χ1n) is 9.66. The zero-order valence-electron chi connectivity index (χ0n) is 15.7. The normalized spacial score (nSPS) is 14.2. The van der Waals surface area contributed by atoms with Crippen molar-refractivity contribution < 1.29 is 4.79 Å². The highest BCUT2D eigenvalue weighted by atomic mass is 35.5. The summed E-state index contributed by atoms with van der Waals surface area (Å²) in [6.45, 7) is 3.32. The average Bonchev–Trinajstić information content (AvgIpc) is 3.23. The van der Waals surface area contributed by atoms with E-state index in [2.05, 4.69) is 22.3 Å². The number of rotatable bonds is 5. The van der Waals surface area contributed by atoms with Gasteiger partial charge in [-0.3, -0.25) is 9.69 Å². The molecular weight excluding hydrogens is 368 g/mol. The zero-order chi connectivity index (χ0) is 19.3. The molecule has 4 rings (SSSR count). The van der Waals surface area contributed by atoms with E-state index in [9.17, 15) is 4.79 Å². The highest BCUT2D eigenvalue weighted by molar-refractivity contribution is 6.30. The van der Waals surface area contributed by atoms with Gasteiger partial charge in [-0.05, 0) is 79.0 Å². The van der Waals surface area contributed by atoms with Crippen LogP contribution in [0.5, 0.6) is 0 Å². The number of hydrogen-bond donors (Lipinski definition) is 1. The number of amides is 1. The van der Waals surface area contributed by atoms with Crippen molar-refractivity contribution in [1.82, 2.24) is 4.90 Å². The Labute approximate surface area is 171 Å². The Balaban J connectivity index is 1.38. The molecule has 0 spiro atoms. The van der Waals surface area contributed by atoms with Gasteiger partial charge in [0.05, 0.1) is 0 Å². The van der Waals surface area contributed by atoms with E-state index in [0.29, 0.717) is 5.56 Å². The number of benzene rings is 3. The molecule has 1 amide bonds. The van der Waals surface area contributed by atoms with Crippen molar-refractivity contribution in [2.45, 2.75) is 19.4 Å². The van der Waals surface area contributed by atoms with Crippen LogP contribution < -0.4 is 5.32 Å². The number of nitrogens with zero attached hydrogens (tertiary/aromatic N) is 1. The Hall–Kier alpha value is -2.62. The Morgan fingerprint density at radius 3 is 2.00 bits per heavy atom. The summed E-state index contributed by atoms with van der Waals surface area (Å²) in [5.41, 5.74) is 4.89. The predicted octanol–water partition coefficient (Wildman–Crippen LogP) is 5.86. The van der Waals surface area contributed by atoms with Crippen molar-refractivity contribution in [3.63, 3.8) is 0 Å². The van der Waals surface area contributed by atoms with Gasteiger partial charge in [-0.2, -0.15) is 0 Å². The lowest BCUT2D eigenvalue weighted by Gasteiger charge is -2.14. The van der Waals surface area contributed by atoms with E-state index in [0.717, 1.165) is 28.4 Å². The van der Waals surface area contributed by atoms with Crippen LogP contribution in [0.4, 0.5) is 5.69 Å². The van der Waals surface area contributed by atoms with E-state index in [-0.39, 0.29) is 5.91 Å². The van der Waals surface area contributed by atoms with Crippen molar-refractivity contribution in [3.8, 4) is 11.1 Å². The second-order valence-electron chi connectivity index (χ2n) is 7.22. The Bertz CT molecular complexity index is 928. The van der Waals surface area contributed by atoms with E-state index >= 15 is 0 Å². The second-order valence-corrected chi connectivity index (χ2v) is 7.65. The third kappa shape index (κ3) is 4.61. The van der Waals surface area contributed by atoms with Crippen LogP contribution in [0.3, 0.4) is 0 Å². The zero-order valence-corrected chi connectivity index (χ0v) is 16.5. The average molecular weight is 391 g/mol. The molecule has 1 fully saturated rings. The molecule has 0 aromatic heterocycles. The van der Waals surface area contributed by atoms with Crippen molar-refractivity contribution in [2.75, 3.05) is 18.4 Å². The van der Waals surface area contributed by atoms with Gasteiger partial charge in [0.1, 0.15) is 0 Å². The molecule has 1 heterocycles. The third-order valence-electron chi connectivity index (χ3n) is 5.14. The van der Waals surface area contributed by atoms with Crippen LogP contribution in [0, 0.1) is 0 Å². The minimum Gasteiger partial charge on any atom is -0.322 e. The van der Waals surface area contributed by atoms with E-state index in [4.69, 9.17) is 11.6 Å². The molecule has 1 N–H and O–H groups in total. The number of anilines is 1. The predicted molar refractivity (Wildman–Crippen MR) is 116 cm³/mol. The third-order valence-corrected chi connectivity index (χ3v) is 5.39. The summed E-state index contributed by atoms with van der Waals surface area (Å²) in [6, 6.07) is 23.5. The maximum Gasteiger partial charge on any atom is 0.255 e. The molecule has 3 aromatic rings. The van der Waals surface area contributed by atoms with E-state index in [1.54, 1.807) is 0 Å². The van der Waals surface area contributed by atoms with Gasteiger partial charge in [0, 0.05) is 22.8 Å². The van der Waals surface area contributed by atoms with Crippen LogP contribution in [0.2, 0.25) is 5.02 Å². The number of carbonyl (C=O) groups is 1. The summed E-state index contributed by atoms with van der Waals surface area (Å²) in [6.07, 6.45) is 2.58. The molecular formula is C24H23ClN2O. The summed E-state index contributed by atoms with van der Waals surface area (Å²) in [5, 5.41) is 3.69. The quantitative estimate of drug-likeness (QED) is 0.592. The van der Waals surface area contributed by atoms with Crippen molar-refractivity contribution >= 4 is 23.2 Å². The first-order chi connectivity index (χ1) is 13.7. The highest BCUT2D eigenvalue weighted by Crippen LogP contribution is 2.23. The van der Waals surface area contributed by atoms with Crippen LogP contribution in [0.25, 0.3) is 11.1 Å². The van der Waals surface area contributed by atoms with Gasteiger partial charge in [0.25, 0.3) is 5.91 Å². The number of likely N-dealkylation sites (tertiary alicyclic amines) is 1. The Kier molecular flexibility index (Phi) is 5.75. The molecule has 3 aromatic carbocycles. The molecule has 1 aliphatic rings. The highest BCUT2D eigenvalue weighted by Gasteiger charge is 2.12. The lowest BCUT2D eigenvalue weighted by molar-refractivity contribution is 0.102. The summed E-state index contributed by atoms with van der Waals surface area (Å²) in [5.74, 6) is -0.0908. The Morgan fingerprint density at radius 2 is 1.39 bits per heavy atom. The Morgan fingerprint density at radius 1 is 0.821 bits per heavy atom. The van der Waals surface area contributed by atoms with Crippen molar-refractivity contribution in [2.24, 2.45) is 0 Å². The lowest BCUT2D eigenvalue weighted by atomic mass is 10.1. The van der Waals surface area contributed by atoms with Gasteiger partial charge in [-0.15, -0.1) is 0 Å². The second kappa shape index (κ2) is 8.59. The van der Waals surface area contributed by atoms with E-state index < -0.39 is 0 Å². The summed E-state index contributed by atoms with van der Waals surface area (Å²) in [7, 11) is 0. The first kappa shape index (κ1) is 18.7. The maximum absolute atomic E-state index is 12.5.